The van der Waals surface area contributed by atoms with Crippen LogP contribution in [0.1, 0.15) is 43.2 Å². The number of benzene rings is 1. The second-order valence-electron chi connectivity index (χ2n) is 8.88. The molecule has 4 bridgehead atoms. The Bertz CT molecular complexity index is 776. The topological polar surface area (TPSA) is 84.5 Å². The summed E-state index contributed by atoms with van der Waals surface area (Å²) in [5.74, 6) is 1.45. The molecule has 1 aromatic carbocycles. The number of hydrogen-bond acceptors (Lipinski definition) is 4. The Balaban J connectivity index is 1.25. The summed E-state index contributed by atoms with van der Waals surface area (Å²) in [6.45, 7) is 3.44. The molecule has 5 rings (SSSR count). The zero-order valence-electron chi connectivity index (χ0n) is 16.5. The van der Waals surface area contributed by atoms with E-state index in [9.17, 15) is 14.4 Å². The van der Waals surface area contributed by atoms with Gasteiger partial charge < -0.3 is 10.1 Å². The van der Waals surface area contributed by atoms with Crippen molar-refractivity contribution in [3.8, 4) is 0 Å². The maximum Gasteiger partial charge on any atom is 0.325 e. The van der Waals surface area contributed by atoms with Crippen LogP contribution in [0.5, 0.6) is 0 Å². The highest BCUT2D eigenvalue weighted by atomic mass is 16.5. The molecular formula is C22H28N2O4. The largest absolute Gasteiger partial charge is 0.455 e. The van der Waals surface area contributed by atoms with Gasteiger partial charge in [0.25, 0.3) is 5.91 Å². The Morgan fingerprint density at radius 3 is 2.25 bits per heavy atom. The van der Waals surface area contributed by atoms with Crippen molar-refractivity contribution in [3.63, 3.8) is 0 Å². The SMILES string of the molecule is Cc1ccc(NC(=O)NC(=O)COC(=O)C2C3CC4CC(C3)CC2C4)c(C)c1. The van der Waals surface area contributed by atoms with Crippen molar-refractivity contribution in [1.82, 2.24) is 5.32 Å². The summed E-state index contributed by atoms with van der Waals surface area (Å²) in [5, 5.41) is 4.88. The Hall–Kier alpha value is -2.37. The van der Waals surface area contributed by atoms with Gasteiger partial charge in [-0.1, -0.05) is 17.7 Å². The molecule has 4 aliphatic rings. The van der Waals surface area contributed by atoms with Crippen LogP contribution in [-0.4, -0.2) is 24.5 Å². The van der Waals surface area contributed by atoms with E-state index < -0.39 is 18.5 Å². The molecule has 4 aliphatic carbocycles. The normalized spacial score (nSPS) is 30.0. The van der Waals surface area contributed by atoms with Crippen molar-refractivity contribution in [3.05, 3.63) is 29.3 Å². The van der Waals surface area contributed by atoms with Crippen LogP contribution in [-0.2, 0) is 14.3 Å². The third-order valence-electron chi connectivity index (χ3n) is 6.73. The summed E-state index contributed by atoms with van der Waals surface area (Å²) in [6.07, 6.45) is 5.82. The minimum atomic E-state index is -0.623. The average Bonchev–Trinajstić information content (AvgIpc) is 2.61. The number of ether oxygens (including phenoxy) is 1. The third kappa shape index (κ3) is 3.91. The first kappa shape index (κ1) is 19.0. The molecule has 0 heterocycles. The molecule has 0 saturated heterocycles. The fraction of sp³-hybridized carbons (Fsp3) is 0.591. The van der Waals surface area contributed by atoms with Crippen LogP contribution in [0.25, 0.3) is 0 Å². The van der Waals surface area contributed by atoms with Crippen molar-refractivity contribution >= 4 is 23.6 Å². The van der Waals surface area contributed by atoms with Gasteiger partial charge in [0, 0.05) is 5.69 Å². The molecule has 4 fully saturated rings. The number of imide groups is 1. The maximum absolute atomic E-state index is 12.6. The molecule has 150 valence electrons. The molecule has 3 amide bonds. The van der Waals surface area contributed by atoms with Crippen LogP contribution in [0.15, 0.2) is 18.2 Å². The first-order chi connectivity index (χ1) is 13.4. The van der Waals surface area contributed by atoms with Gasteiger partial charge in [-0.05, 0) is 81.3 Å². The van der Waals surface area contributed by atoms with Crippen LogP contribution in [0.3, 0.4) is 0 Å². The van der Waals surface area contributed by atoms with E-state index >= 15 is 0 Å². The van der Waals surface area contributed by atoms with Gasteiger partial charge in [0.1, 0.15) is 0 Å². The second-order valence-corrected chi connectivity index (χ2v) is 8.88. The van der Waals surface area contributed by atoms with Crippen molar-refractivity contribution in [2.24, 2.45) is 29.6 Å². The highest BCUT2D eigenvalue weighted by molar-refractivity contribution is 6.02. The second kappa shape index (κ2) is 7.57. The molecule has 0 atom stereocenters. The van der Waals surface area contributed by atoms with Gasteiger partial charge in [0.2, 0.25) is 0 Å². The summed E-state index contributed by atoms with van der Waals surface area (Å²) in [7, 11) is 0. The first-order valence-electron chi connectivity index (χ1n) is 10.2. The Kier molecular flexibility index (Phi) is 5.13. The van der Waals surface area contributed by atoms with E-state index in [1.54, 1.807) is 6.07 Å². The number of amides is 3. The van der Waals surface area contributed by atoms with E-state index in [4.69, 9.17) is 4.74 Å². The quantitative estimate of drug-likeness (QED) is 0.778. The molecule has 0 aliphatic heterocycles. The van der Waals surface area contributed by atoms with E-state index in [1.807, 2.05) is 26.0 Å². The van der Waals surface area contributed by atoms with Gasteiger partial charge in [-0.3, -0.25) is 14.9 Å². The summed E-state index contributed by atoms with van der Waals surface area (Å²) < 4.78 is 5.29. The van der Waals surface area contributed by atoms with Crippen molar-refractivity contribution in [1.29, 1.82) is 0 Å². The van der Waals surface area contributed by atoms with E-state index in [-0.39, 0.29) is 11.9 Å². The minimum Gasteiger partial charge on any atom is -0.455 e. The summed E-state index contributed by atoms with van der Waals surface area (Å²) in [4.78, 5) is 36.6. The van der Waals surface area contributed by atoms with Crippen LogP contribution in [0, 0.1) is 43.4 Å². The van der Waals surface area contributed by atoms with Gasteiger partial charge in [0.15, 0.2) is 6.61 Å². The molecule has 6 heteroatoms. The van der Waals surface area contributed by atoms with Crippen LogP contribution in [0.4, 0.5) is 10.5 Å². The van der Waals surface area contributed by atoms with Crippen molar-refractivity contribution in [2.75, 3.05) is 11.9 Å². The number of carbonyl (C=O) groups is 3. The monoisotopic (exact) mass is 384 g/mol. The number of urea groups is 1. The lowest BCUT2D eigenvalue weighted by Crippen LogP contribution is -2.49. The van der Waals surface area contributed by atoms with Gasteiger partial charge in [0.05, 0.1) is 5.92 Å². The lowest BCUT2D eigenvalue weighted by molar-refractivity contribution is -0.164. The van der Waals surface area contributed by atoms with Gasteiger partial charge in [-0.2, -0.15) is 0 Å². The van der Waals surface area contributed by atoms with E-state index in [0.717, 1.165) is 48.6 Å². The average molecular weight is 384 g/mol. The minimum absolute atomic E-state index is 0.0652. The smallest absolute Gasteiger partial charge is 0.325 e. The number of hydrogen-bond donors (Lipinski definition) is 2. The Morgan fingerprint density at radius 1 is 1.00 bits per heavy atom. The fourth-order valence-electron chi connectivity index (χ4n) is 5.81. The molecule has 1 aromatic rings. The molecular weight excluding hydrogens is 356 g/mol. The molecule has 2 N–H and O–H groups in total. The number of nitrogens with one attached hydrogen (secondary N) is 2. The molecule has 0 aromatic heterocycles. The lowest BCUT2D eigenvalue weighted by atomic mass is 9.52. The van der Waals surface area contributed by atoms with Gasteiger partial charge in [-0.15, -0.1) is 0 Å². The van der Waals surface area contributed by atoms with Gasteiger partial charge >= 0.3 is 12.0 Å². The van der Waals surface area contributed by atoms with Crippen LogP contribution in [0.2, 0.25) is 0 Å². The summed E-state index contributed by atoms with van der Waals surface area (Å²) in [6, 6.07) is 5.00. The van der Waals surface area contributed by atoms with E-state index in [0.29, 0.717) is 17.5 Å². The number of rotatable bonds is 4. The first-order valence-corrected chi connectivity index (χ1v) is 10.2. The van der Waals surface area contributed by atoms with E-state index in [2.05, 4.69) is 10.6 Å². The highest BCUT2D eigenvalue weighted by Crippen LogP contribution is 2.56. The van der Waals surface area contributed by atoms with Crippen molar-refractivity contribution in [2.45, 2.75) is 46.0 Å². The predicted molar refractivity (Wildman–Crippen MR) is 105 cm³/mol. The number of anilines is 1. The van der Waals surface area contributed by atoms with Crippen LogP contribution >= 0.6 is 0 Å². The maximum atomic E-state index is 12.6. The van der Waals surface area contributed by atoms with Crippen molar-refractivity contribution < 1.29 is 19.1 Å². The summed E-state index contributed by atoms with van der Waals surface area (Å²) in [5.41, 5.74) is 2.65. The third-order valence-corrected chi connectivity index (χ3v) is 6.73. The van der Waals surface area contributed by atoms with Crippen LogP contribution < -0.4 is 10.6 Å². The predicted octanol–water partition coefficient (Wildman–Crippen LogP) is 3.57. The zero-order valence-corrected chi connectivity index (χ0v) is 16.5. The molecule has 0 radical (unpaired) electrons. The molecule has 0 unspecified atom stereocenters. The molecule has 6 nitrogen and oxygen atoms in total. The number of esters is 1. The van der Waals surface area contributed by atoms with Gasteiger partial charge in [-0.25, -0.2) is 4.79 Å². The highest BCUT2D eigenvalue weighted by Gasteiger charge is 2.51. The fourth-order valence-corrected chi connectivity index (χ4v) is 5.81. The molecule has 0 spiro atoms. The standard InChI is InChI=1S/C22H28N2O4/c1-12-3-4-18(13(2)5-12)23-22(27)24-19(25)11-28-21(26)20-16-7-14-6-15(9-16)10-17(20)8-14/h3-5,14-17,20H,6-11H2,1-2H3,(H2,23,24,25,27). The number of carbonyl (C=O) groups excluding carboxylic acids is 3. The summed E-state index contributed by atoms with van der Waals surface area (Å²) >= 11 is 0. The Morgan fingerprint density at radius 2 is 1.64 bits per heavy atom. The molecule has 28 heavy (non-hydrogen) atoms. The zero-order chi connectivity index (χ0) is 19.8. The number of aryl methyl sites for hydroxylation is 2. The lowest BCUT2D eigenvalue weighted by Gasteiger charge is -2.53. The molecule has 4 saturated carbocycles. The Labute approximate surface area is 165 Å². The van der Waals surface area contributed by atoms with E-state index in [1.165, 1.54) is 6.42 Å².